The van der Waals surface area contributed by atoms with Crippen molar-refractivity contribution in [2.45, 2.75) is 39.0 Å². The topological polar surface area (TPSA) is 12.4 Å². The van der Waals surface area contributed by atoms with Crippen LogP contribution >= 0.6 is 11.8 Å². The summed E-state index contributed by atoms with van der Waals surface area (Å²) in [7, 11) is 0. The SMILES string of the molecule is [CH2]C(CCCCCC)C1=NCCS1. The van der Waals surface area contributed by atoms with Crippen LogP contribution in [0.5, 0.6) is 0 Å². The lowest BCUT2D eigenvalue weighted by molar-refractivity contribution is 0.605. The van der Waals surface area contributed by atoms with E-state index in [9.17, 15) is 0 Å². The molecule has 0 N–H and O–H groups in total. The van der Waals surface area contributed by atoms with Gasteiger partial charge in [0, 0.05) is 18.2 Å². The van der Waals surface area contributed by atoms with Crippen molar-refractivity contribution in [1.82, 2.24) is 0 Å². The number of nitrogens with zero attached hydrogens (tertiary/aromatic N) is 1. The molecule has 0 aromatic heterocycles. The second kappa shape index (κ2) is 6.47. The summed E-state index contributed by atoms with van der Waals surface area (Å²) in [6.45, 7) is 7.43. The largest absolute Gasteiger partial charge is 0.282 e. The standard InChI is InChI=1S/C11H20NS/c1-3-4-5-6-7-10(2)11-12-8-9-13-11/h10H,2-9H2,1H3. The maximum atomic E-state index is 4.45. The first-order chi connectivity index (χ1) is 6.34. The monoisotopic (exact) mass is 198 g/mol. The van der Waals surface area contributed by atoms with Crippen molar-refractivity contribution in [2.24, 2.45) is 10.9 Å². The number of thioether (sulfide) groups is 1. The van der Waals surface area contributed by atoms with Crippen LogP contribution < -0.4 is 0 Å². The summed E-state index contributed by atoms with van der Waals surface area (Å²) in [5, 5.41) is 1.30. The molecule has 0 fully saturated rings. The van der Waals surface area contributed by atoms with E-state index in [0.29, 0.717) is 5.92 Å². The number of rotatable bonds is 6. The molecule has 75 valence electrons. The van der Waals surface area contributed by atoms with Crippen molar-refractivity contribution in [2.75, 3.05) is 12.3 Å². The van der Waals surface area contributed by atoms with Gasteiger partial charge in [-0.3, -0.25) is 4.99 Å². The summed E-state index contributed by atoms with van der Waals surface area (Å²) >= 11 is 1.90. The van der Waals surface area contributed by atoms with Crippen LogP contribution in [0.25, 0.3) is 0 Å². The van der Waals surface area contributed by atoms with E-state index in [-0.39, 0.29) is 0 Å². The second-order valence-corrected chi connectivity index (χ2v) is 4.73. The zero-order chi connectivity index (χ0) is 9.52. The van der Waals surface area contributed by atoms with Gasteiger partial charge in [-0.25, -0.2) is 0 Å². The van der Waals surface area contributed by atoms with Crippen LogP contribution in [0, 0.1) is 12.8 Å². The Labute approximate surface area is 86.4 Å². The molecule has 1 atom stereocenters. The summed E-state index contributed by atoms with van der Waals surface area (Å²) in [6.07, 6.45) is 6.59. The van der Waals surface area contributed by atoms with Crippen molar-refractivity contribution < 1.29 is 0 Å². The summed E-state index contributed by atoms with van der Waals surface area (Å²) < 4.78 is 0. The smallest absolute Gasteiger partial charge is 0.0707 e. The van der Waals surface area contributed by atoms with Gasteiger partial charge in [-0.1, -0.05) is 32.6 Å². The van der Waals surface area contributed by atoms with Gasteiger partial charge < -0.3 is 0 Å². The van der Waals surface area contributed by atoms with E-state index < -0.39 is 0 Å². The summed E-state index contributed by atoms with van der Waals surface area (Å²) in [5.41, 5.74) is 0. The predicted molar refractivity (Wildman–Crippen MR) is 62.4 cm³/mol. The molecule has 1 nitrogen and oxygen atoms in total. The van der Waals surface area contributed by atoms with Gasteiger partial charge in [0.2, 0.25) is 0 Å². The minimum atomic E-state index is 0.476. The number of aliphatic imine (C=N–C) groups is 1. The Balaban J connectivity index is 2.06. The van der Waals surface area contributed by atoms with Crippen LogP contribution in [0.3, 0.4) is 0 Å². The number of hydrogen-bond acceptors (Lipinski definition) is 2. The molecule has 0 saturated carbocycles. The van der Waals surface area contributed by atoms with Crippen LogP contribution in [0.15, 0.2) is 4.99 Å². The van der Waals surface area contributed by atoms with E-state index >= 15 is 0 Å². The highest BCUT2D eigenvalue weighted by Crippen LogP contribution is 2.22. The van der Waals surface area contributed by atoms with Crippen molar-refractivity contribution in [3.8, 4) is 0 Å². The first kappa shape index (κ1) is 11.1. The van der Waals surface area contributed by atoms with Gasteiger partial charge in [0.25, 0.3) is 0 Å². The highest BCUT2D eigenvalue weighted by atomic mass is 32.2. The first-order valence-corrected chi connectivity index (χ1v) is 6.33. The molecule has 0 aromatic carbocycles. The van der Waals surface area contributed by atoms with Crippen molar-refractivity contribution in [1.29, 1.82) is 0 Å². The number of hydrogen-bond donors (Lipinski definition) is 0. The quantitative estimate of drug-likeness (QED) is 0.594. The average molecular weight is 198 g/mol. The molecule has 0 aromatic rings. The van der Waals surface area contributed by atoms with Gasteiger partial charge in [-0.15, -0.1) is 11.8 Å². The third kappa shape index (κ3) is 4.17. The van der Waals surface area contributed by atoms with E-state index in [1.54, 1.807) is 0 Å². The van der Waals surface area contributed by atoms with Gasteiger partial charge in [0.05, 0.1) is 5.04 Å². The zero-order valence-corrected chi connectivity index (χ0v) is 9.41. The fourth-order valence-corrected chi connectivity index (χ4v) is 2.47. The van der Waals surface area contributed by atoms with E-state index in [2.05, 4.69) is 18.8 Å². The van der Waals surface area contributed by atoms with E-state index in [4.69, 9.17) is 0 Å². The summed E-state index contributed by atoms with van der Waals surface area (Å²) in [5.74, 6) is 1.65. The van der Waals surface area contributed by atoms with Gasteiger partial charge in [0.15, 0.2) is 0 Å². The molecule has 1 rings (SSSR count). The number of unbranched alkanes of at least 4 members (excludes halogenated alkanes) is 3. The Bertz CT molecular complexity index is 165. The molecule has 0 amide bonds. The van der Waals surface area contributed by atoms with Crippen LogP contribution in [-0.2, 0) is 0 Å². The van der Waals surface area contributed by atoms with E-state index in [0.717, 1.165) is 6.54 Å². The minimum absolute atomic E-state index is 0.476. The van der Waals surface area contributed by atoms with E-state index in [1.165, 1.54) is 42.9 Å². The Hall–Kier alpha value is 0.0200. The highest BCUT2D eigenvalue weighted by molar-refractivity contribution is 8.14. The molecule has 0 spiro atoms. The Morgan fingerprint density at radius 1 is 1.46 bits per heavy atom. The predicted octanol–water partition coefficient (Wildman–Crippen LogP) is 3.55. The Kier molecular flexibility index (Phi) is 5.52. The Morgan fingerprint density at radius 2 is 2.31 bits per heavy atom. The molecule has 1 aliphatic heterocycles. The highest BCUT2D eigenvalue weighted by Gasteiger charge is 2.14. The maximum absolute atomic E-state index is 4.45. The fraction of sp³-hybridized carbons (Fsp3) is 0.818. The van der Waals surface area contributed by atoms with Crippen LogP contribution in [-0.4, -0.2) is 17.3 Å². The van der Waals surface area contributed by atoms with E-state index in [1.807, 2.05) is 11.8 Å². The molecule has 0 aliphatic carbocycles. The lowest BCUT2D eigenvalue weighted by atomic mass is 10.0. The average Bonchev–Trinajstić information content (AvgIpc) is 2.65. The van der Waals surface area contributed by atoms with Crippen molar-refractivity contribution in [3.63, 3.8) is 0 Å². The minimum Gasteiger partial charge on any atom is -0.282 e. The molecule has 0 bridgehead atoms. The fourth-order valence-electron chi connectivity index (χ4n) is 1.54. The molecular formula is C11H20NS. The van der Waals surface area contributed by atoms with Crippen LogP contribution in [0.1, 0.15) is 39.0 Å². The summed E-state index contributed by atoms with van der Waals surface area (Å²) in [4.78, 5) is 4.45. The molecule has 2 heteroatoms. The Morgan fingerprint density at radius 3 is 2.92 bits per heavy atom. The van der Waals surface area contributed by atoms with Crippen molar-refractivity contribution >= 4 is 16.8 Å². The van der Waals surface area contributed by atoms with Crippen molar-refractivity contribution in [3.05, 3.63) is 6.92 Å². The molecule has 0 saturated heterocycles. The molecular weight excluding hydrogens is 178 g/mol. The van der Waals surface area contributed by atoms with Gasteiger partial charge in [0.1, 0.15) is 0 Å². The van der Waals surface area contributed by atoms with Crippen LogP contribution in [0.2, 0.25) is 0 Å². The lowest BCUT2D eigenvalue weighted by Crippen LogP contribution is -2.05. The molecule has 1 unspecified atom stereocenters. The van der Waals surface area contributed by atoms with Gasteiger partial charge in [-0.2, -0.15) is 0 Å². The normalized spacial score (nSPS) is 18.8. The molecule has 1 heterocycles. The zero-order valence-electron chi connectivity index (χ0n) is 8.59. The van der Waals surface area contributed by atoms with Gasteiger partial charge >= 0.3 is 0 Å². The lowest BCUT2D eigenvalue weighted by Gasteiger charge is -2.09. The molecule has 1 radical (unpaired) electrons. The third-order valence-corrected chi connectivity index (χ3v) is 3.51. The van der Waals surface area contributed by atoms with Crippen LogP contribution in [0.4, 0.5) is 0 Å². The molecule has 1 aliphatic rings. The second-order valence-electron chi connectivity index (χ2n) is 3.61. The van der Waals surface area contributed by atoms with Gasteiger partial charge in [-0.05, 0) is 13.3 Å². The summed E-state index contributed by atoms with van der Waals surface area (Å²) in [6, 6.07) is 0. The molecule has 13 heavy (non-hydrogen) atoms. The third-order valence-electron chi connectivity index (χ3n) is 2.36. The maximum Gasteiger partial charge on any atom is 0.0707 e. The first-order valence-electron chi connectivity index (χ1n) is 5.34.